The van der Waals surface area contributed by atoms with Crippen LogP contribution in [-0.4, -0.2) is 17.9 Å². The molecular weight excluding hydrogens is 392 g/mol. The largest absolute Gasteiger partial charge is 0.488 e. The van der Waals surface area contributed by atoms with Crippen molar-refractivity contribution in [2.75, 3.05) is 0 Å². The van der Waals surface area contributed by atoms with Crippen molar-refractivity contribution in [3.8, 4) is 11.5 Å². The number of ether oxygens (including phenoxy) is 2. The molecule has 0 aliphatic rings. The fraction of sp³-hybridized carbons (Fsp3) is 0.200. The van der Waals surface area contributed by atoms with Gasteiger partial charge in [-0.2, -0.15) is 0 Å². The summed E-state index contributed by atoms with van der Waals surface area (Å²) >= 11 is 0. The molecule has 0 radical (unpaired) electrons. The third-order valence-corrected chi connectivity index (χ3v) is 4.68. The van der Waals surface area contributed by atoms with Crippen molar-refractivity contribution in [1.82, 2.24) is 10.9 Å². The van der Waals surface area contributed by atoms with Crippen molar-refractivity contribution in [3.63, 3.8) is 0 Å². The summed E-state index contributed by atoms with van der Waals surface area (Å²) in [7, 11) is 0. The quantitative estimate of drug-likeness (QED) is 0.541. The molecule has 0 heterocycles. The second kappa shape index (κ2) is 10.8. The molecule has 0 spiro atoms. The molecule has 1 unspecified atom stereocenters. The Kier molecular flexibility index (Phi) is 7.65. The fourth-order valence-electron chi connectivity index (χ4n) is 2.86. The van der Waals surface area contributed by atoms with E-state index in [1.807, 2.05) is 54.6 Å². The lowest BCUT2D eigenvalue weighted by atomic mass is 10.2. The van der Waals surface area contributed by atoms with Gasteiger partial charge in [0, 0.05) is 0 Å². The van der Waals surface area contributed by atoms with Crippen molar-refractivity contribution in [2.24, 2.45) is 0 Å². The van der Waals surface area contributed by atoms with Gasteiger partial charge in [0.05, 0.1) is 5.56 Å². The minimum absolute atomic E-state index is 0.322. The Morgan fingerprint density at radius 1 is 0.839 bits per heavy atom. The first-order chi connectivity index (χ1) is 15.1. The highest BCUT2D eigenvalue weighted by Crippen LogP contribution is 2.19. The molecule has 3 aromatic rings. The Morgan fingerprint density at radius 2 is 1.52 bits per heavy atom. The van der Waals surface area contributed by atoms with Crippen molar-refractivity contribution in [3.05, 3.63) is 95.6 Å². The lowest BCUT2D eigenvalue weighted by molar-refractivity contribution is -0.128. The van der Waals surface area contributed by atoms with Crippen LogP contribution >= 0.6 is 0 Å². The minimum atomic E-state index is -0.780. The van der Waals surface area contributed by atoms with E-state index in [-0.39, 0.29) is 0 Å². The number of para-hydroxylation sites is 1. The van der Waals surface area contributed by atoms with E-state index in [0.717, 1.165) is 12.0 Å². The summed E-state index contributed by atoms with van der Waals surface area (Å²) in [6, 6.07) is 24.1. The number of hydrazine groups is 1. The SMILES string of the molecule is CCc1ccc(OC(C)C(=O)NNC(=O)c2ccccc2OCc2ccccc2)cc1. The van der Waals surface area contributed by atoms with Crippen molar-refractivity contribution in [1.29, 1.82) is 0 Å². The maximum Gasteiger partial charge on any atom is 0.279 e. The van der Waals surface area contributed by atoms with Gasteiger partial charge in [-0.1, -0.05) is 61.5 Å². The highest BCUT2D eigenvalue weighted by molar-refractivity contribution is 5.98. The minimum Gasteiger partial charge on any atom is -0.488 e. The molecule has 0 aliphatic heterocycles. The predicted molar refractivity (Wildman–Crippen MR) is 119 cm³/mol. The Balaban J connectivity index is 1.54. The number of hydrogen-bond donors (Lipinski definition) is 2. The Hall–Kier alpha value is -3.80. The highest BCUT2D eigenvalue weighted by Gasteiger charge is 2.17. The first-order valence-electron chi connectivity index (χ1n) is 10.2. The van der Waals surface area contributed by atoms with Gasteiger partial charge in [0.15, 0.2) is 6.10 Å². The standard InChI is InChI=1S/C25H26N2O4/c1-3-19-13-15-21(16-14-19)31-18(2)24(28)26-27-25(29)22-11-7-8-12-23(22)30-17-20-9-5-4-6-10-20/h4-16,18H,3,17H2,1-2H3,(H,26,28)(H,27,29). The number of carbonyl (C=O) groups excluding carboxylic acids is 2. The molecule has 6 nitrogen and oxygen atoms in total. The van der Waals surface area contributed by atoms with Gasteiger partial charge in [0.1, 0.15) is 18.1 Å². The van der Waals surface area contributed by atoms with E-state index in [0.29, 0.717) is 23.7 Å². The van der Waals surface area contributed by atoms with Gasteiger partial charge in [0.25, 0.3) is 11.8 Å². The first-order valence-corrected chi connectivity index (χ1v) is 10.2. The van der Waals surface area contributed by atoms with Crippen LogP contribution in [0.1, 0.15) is 35.3 Å². The maximum atomic E-state index is 12.6. The number of nitrogens with one attached hydrogen (secondary N) is 2. The van der Waals surface area contributed by atoms with Crippen LogP contribution in [0.5, 0.6) is 11.5 Å². The number of carbonyl (C=O) groups is 2. The zero-order chi connectivity index (χ0) is 22.1. The fourth-order valence-corrected chi connectivity index (χ4v) is 2.86. The van der Waals surface area contributed by atoms with E-state index in [4.69, 9.17) is 9.47 Å². The third-order valence-electron chi connectivity index (χ3n) is 4.68. The smallest absolute Gasteiger partial charge is 0.279 e. The van der Waals surface area contributed by atoms with Gasteiger partial charge in [0.2, 0.25) is 0 Å². The van der Waals surface area contributed by atoms with Crippen LogP contribution in [-0.2, 0) is 17.8 Å². The number of hydrogen-bond acceptors (Lipinski definition) is 4. The second-order valence-corrected chi connectivity index (χ2v) is 6.97. The topological polar surface area (TPSA) is 76.7 Å². The van der Waals surface area contributed by atoms with E-state index in [1.54, 1.807) is 31.2 Å². The molecule has 31 heavy (non-hydrogen) atoms. The monoisotopic (exact) mass is 418 g/mol. The summed E-state index contributed by atoms with van der Waals surface area (Å²) < 4.78 is 11.4. The van der Waals surface area contributed by atoms with Gasteiger partial charge in [-0.05, 0) is 48.7 Å². The normalized spacial score (nSPS) is 11.3. The molecule has 2 amide bonds. The van der Waals surface area contributed by atoms with Crippen molar-refractivity contribution >= 4 is 11.8 Å². The van der Waals surface area contributed by atoms with Gasteiger partial charge in [-0.3, -0.25) is 20.4 Å². The van der Waals surface area contributed by atoms with Gasteiger partial charge in [-0.25, -0.2) is 0 Å². The van der Waals surface area contributed by atoms with E-state index in [2.05, 4.69) is 17.8 Å². The number of aryl methyl sites for hydroxylation is 1. The lowest BCUT2D eigenvalue weighted by Gasteiger charge is -2.16. The molecule has 3 aromatic carbocycles. The molecule has 1 atom stereocenters. The molecule has 0 aromatic heterocycles. The molecule has 2 N–H and O–H groups in total. The van der Waals surface area contributed by atoms with Crippen LogP contribution in [0.2, 0.25) is 0 Å². The van der Waals surface area contributed by atoms with Crippen LogP contribution < -0.4 is 20.3 Å². The van der Waals surface area contributed by atoms with Gasteiger partial charge < -0.3 is 9.47 Å². The summed E-state index contributed by atoms with van der Waals surface area (Å²) in [6.45, 7) is 4.02. The van der Waals surface area contributed by atoms with Crippen LogP contribution in [0.4, 0.5) is 0 Å². The maximum absolute atomic E-state index is 12.6. The summed E-state index contributed by atoms with van der Waals surface area (Å²) in [6.07, 6.45) is 0.149. The molecule has 0 fully saturated rings. The molecule has 0 saturated heterocycles. The Morgan fingerprint density at radius 3 is 2.23 bits per heavy atom. The van der Waals surface area contributed by atoms with Crippen LogP contribution in [0.25, 0.3) is 0 Å². The van der Waals surface area contributed by atoms with E-state index in [1.165, 1.54) is 5.56 Å². The number of amides is 2. The molecule has 0 saturated carbocycles. The van der Waals surface area contributed by atoms with Crippen LogP contribution in [0.3, 0.4) is 0 Å². The molecule has 6 heteroatoms. The summed E-state index contributed by atoms with van der Waals surface area (Å²) in [5, 5.41) is 0. The molecule has 0 bridgehead atoms. The lowest BCUT2D eigenvalue weighted by Crippen LogP contribution is -2.47. The summed E-state index contributed by atoms with van der Waals surface area (Å²) in [5.41, 5.74) is 7.33. The zero-order valence-corrected chi connectivity index (χ0v) is 17.6. The van der Waals surface area contributed by atoms with Crippen molar-refractivity contribution < 1.29 is 19.1 Å². The molecule has 3 rings (SSSR count). The van der Waals surface area contributed by atoms with Gasteiger partial charge >= 0.3 is 0 Å². The van der Waals surface area contributed by atoms with Gasteiger partial charge in [-0.15, -0.1) is 0 Å². The average Bonchev–Trinajstić information content (AvgIpc) is 2.82. The summed E-state index contributed by atoms with van der Waals surface area (Å²) in [5.74, 6) is 0.0800. The van der Waals surface area contributed by atoms with E-state index >= 15 is 0 Å². The number of rotatable bonds is 8. The number of benzene rings is 3. The molecular formula is C25H26N2O4. The van der Waals surface area contributed by atoms with E-state index < -0.39 is 17.9 Å². The third kappa shape index (κ3) is 6.34. The average molecular weight is 418 g/mol. The van der Waals surface area contributed by atoms with Crippen molar-refractivity contribution in [2.45, 2.75) is 33.0 Å². The zero-order valence-electron chi connectivity index (χ0n) is 17.6. The molecule has 160 valence electrons. The molecule has 0 aliphatic carbocycles. The van der Waals surface area contributed by atoms with Crippen LogP contribution in [0, 0.1) is 0 Å². The highest BCUT2D eigenvalue weighted by atomic mass is 16.5. The Bertz CT molecular complexity index is 1000. The van der Waals surface area contributed by atoms with Crippen LogP contribution in [0.15, 0.2) is 78.9 Å². The predicted octanol–water partition coefficient (Wildman–Crippen LogP) is 4.06. The second-order valence-electron chi connectivity index (χ2n) is 6.97. The first kappa shape index (κ1) is 21.9. The Labute approximate surface area is 182 Å². The van der Waals surface area contributed by atoms with E-state index in [9.17, 15) is 9.59 Å². The summed E-state index contributed by atoms with van der Waals surface area (Å²) in [4.78, 5) is 24.9.